The zero-order chi connectivity index (χ0) is 4.83. The molecule has 0 atom stereocenters. The lowest BCUT2D eigenvalue weighted by atomic mass is 10.5. The van der Waals surface area contributed by atoms with Crippen molar-refractivity contribution in [3.63, 3.8) is 0 Å². The summed E-state index contributed by atoms with van der Waals surface area (Å²) in [6.45, 7) is 6.14. The summed E-state index contributed by atoms with van der Waals surface area (Å²) in [5.41, 5.74) is 0. The molecule has 0 aliphatic carbocycles. The highest BCUT2D eigenvalue weighted by atomic mass is 19.1. The fraction of sp³-hybridized carbons (Fsp3) is 0.750. The number of rotatable bonds is 2. The van der Waals surface area contributed by atoms with Gasteiger partial charge in [-0.05, 0) is 0 Å². The first kappa shape index (κ1) is 5.42. The lowest BCUT2D eigenvalue weighted by Gasteiger charge is -1.73. The van der Waals surface area contributed by atoms with E-state index in [1.165, 1.54) is 0 Å². The van der Waals surface area contributed by atoms with Crippen LogP contribution in [0.4, 0.5) is 4.39 Å². The fourth-order valence-electron chi connectivity index (χ4n) is 0.139. The van der Waals surface area contributed by atoms with E-state index in [1.807, 2.05) is 0 Å². The highest BCUT2D eigenvalue weighted by Gasteiger charge is 1.80. The van der Waals surface area contributed by atoms with Crippen LogP contribution in [0.2, 0.25) is 0 Å². The molecule has 0 amide bonds. The average Bonchev–Trinajstić information content (AvgIpc) is 1.61. The highest BCUT2D eigenvalue weighted by Crippen LogP contribution is 1.78. The minimum atomic E-state index is -0.359. The molecule has 0 fully saturated rings. The second-order valence-corrected chi connectivity index (χ2v) is 0.924. The van der Waals surface area contributed by atoms with Crippen LogP contribution in [0, 0.1) is 6.57 Å². The smallest absolute Gasteiger partial charge is 0.217 e. The third-order valence-corrected chi connectivity index (χ3v) is 0.404. The quantitative estimate of drug-likeness (QED) is 0.353. The minimum Gasteiger partial charge on any atom is -0.317 e. The first-order valence-corrected chi connectivity index (χ1v) is 1.81. The van der Waals surface area contributed by atoms with Gasteiger partial charge < -0.3 is 4.85 Å². The minimum absolute atomic E-state index is 0.330. The summed E-state index contributed by atoms with van der Waals surface area (Å²) >= 11 is 0. The summed E-state index contributed by atoms with van der Waals surface area (Å²) in [5, 5.41) is 0. The van der Waals surface area contributed by atoms with Crippen molar-refractivity contribution in [3.8, 4) is 0 Å². The van der Waals surface area contributed by atoms with Crippen LogP contribution in [-0.2, 0) is 0 Å². The zero-order valence-corrected chi connectivity index (χ0v) is 3.45. The Morgan fingerprint density at radius 3 is 2.50 bits per heavy atom. The fourth-order valence-corrected chi connectivity index (χ4v) is 0.139. The molecule has 0 spiro atoms. The van der Waals surface area contributed by atoms with E-state index in [2.05, 4.69) is 4.85 Å². The monoisotopic (exact) mass is 87.0 g/mol. The van der Waals surface area contributed by atoms with E-state index in [1.54, 1.807) is 0 Å². The van der Waals surface area contributed by atoms with Gasteiger partial charge in [0.2, 0.25) is 6.54 Å². The van der Waals surface area contributed by atoms with Gasteiger partial charge in [0.25, 0.3) is 0 Å². The van der Waals surface area contributed by atoms with Gasteiger partial charge in [0, 0.05) is 6.42 Å². The van der Waals surface area contributed by atoms with Gasteiger partial charge in [-0.3, -0.25) is 4.39 Å². The third-order valence-electron chi connectivity index (χ3n) is 0.404. The van der Waals surface area contributed by atoms with E-state index in [0.29, 0.717) is 13.0 Å². The Morgan fingerprint density at radius 1 is 1.67 bits per heavy atom. The molecule has 2 heteroatoms. The Morgan fingerprint density at radius 2 is 2.33 bits per heavy atom. The molecule has 0 aliphatic heterocycles. The second kappa shape index (κ2) is 4.42. The van der Waals surface area contributed by atoms with Crippen molar-refractivity contribution in [2.75, 3.05) is 13.2 Å². The third kappa shape index (κ3) is 3.42. The van der Waals surface area contributed by atoms with Crippen LogP contribution in [0.3, 0.4) is 0 Å². The van der Waals surface area contributed by atoms with Gasteiger partial charge in [-0.15, -0.1) is 0 Å². The van der Waals surface area contributed by atoms with Crippen molar-refractivity contribution in [1.29, 1.82) is 0 Å². The van der Waals surface area contributed by atoms with Crippen molar-refractivity contribution in [2.45, 2.75) is 6.42 Å². The van der Waals surface area contributed by atoms with E-state index in [9.17, 15) is 4.39 Å². The van der Waals surface area contributed by atoms with Gasteiger partial charge in [-0.1, -0.05) is 0 Å². The predicted molar refractivity (Wildman–Crippen MR) is 22.1 cm³/mol. The highest BCUT2D eigenvalue weighted by molar-refractivity contribution is 4.55. The molecule has 0 unspecified atom stereocenters. The topological polar surface area (TPSA) is 4.36 Å². The van der Waals surface area contributed by atoms with Crippen LogP contribution in [0.25, 0.3) is 4.85 Å². The SMILES string of the molecule is [C-]#[N+]CCCF. The maximum Gasteiger partial charge on any atom is 0.217 e. The molecular weight excluding hydrogens is 81.0 g/mol. The van der Waals surface area contributed by atoms with Crippen molar-refractivity contribution >= 4 is 0 Å². The van der Waals surface area contributed by atoms with Crippen LogP contribution < -0.4 is 0 Å². The molecule has 0 aromatic carbocycles. The number of nitrogens with zero attached hydrogens (tertiary/aromatic N) is 1. The largest absolute Gasteiger partial charge is 0.317 e. The van der Waals surface area contributed by atoms with Crippen LogP contribution in [0.15, 0.2) is 0 Å². The van der Waals surface area contributed by atoms with Crippen molar-refractivity contribution < 1.29 is 4.39 Å². The maximum absolute atomic E-state index is 11.0. The van der Waals surface area contributed by atoms with Crippen molar-refractivity contribution in [1.82, 2.24) is 0 Å². The summed E-state index contributed by atoms with van der Waals surface area (Å²) in [4.78, 5) is 2.94. The Kier molecular flexibility index (Phi) is 3.99. The number of alkyl halides is 1. The summed E-state index contributed by atoms with van der Waals surface area (Å²) in [5.74, 6) is 0. The van der Waals surface area contributed by atoms with Gasteiger partial charge in [0.15, 0.2) is 0 Å². The molecule has 0 bridgehead atoms. The Balaban J connectivity index is 2.54. The van der Waals surface area contributed by atoms with Gasteiger partial charge >= 0.3 is 0 Å². The zero-order valence-electron chi connectivity index (χ0n) is 3.45. The van der Waals surface area contributed by atoms with Crippen molar-refractivity contribution in [3.05, 3.63) is 11.4 Å². The second-order valence-electron chi connectivity index (χ2n) is 0.924. The molecule has 0 aliphatic rings. The molecule has 0 rings (SSSR count). The van der Waals surface area contributed by atoms with E-state index >= 15 is 0 Å². The first-order valence-electron chi connectivity index (χ1n) is 1.81. The first-order chi connectivity index (χ1) is 2.91. The van der Waals surface area contributed by atoms with Crippen LogP contribution in [0.1, 0.15) is 6.42 Å². The Bertz CT molecular complexity index is 55.1. The number of halogens is 1. The molecule has 6 heavy (non-hydrogen) atoms. The molecular formula is C4H6FN. The number of hydrogen-bond donors (Lipinski definition) is 0. The Labute approximate surface area is 36.6 Å². The molecule has 0 radical (unpaired) electrons. The van der Waals surface area contributed by atoms with Gasteiger partial charge in [0.05, 0.1) is 6.67 Å². The van der Waals surface area contributed by atoms with Crippen LogP contribution >= 0.6 is 0 Å². The van der Waals surface area contributed by atoms with Gasteiger partial charge in [0.1, 0.15) is 0 Å². The molecule has 0 N–H and O–H groups in total. The summed E-state index contributed by atoms with van der Waals surface area (Å²) in [6.07, 6.45) is 0.392. The predicted octanol–water partition coefficient (Wildman–Crippen LogP) is 1.27. The van der Waals surface area contributed by atoms with Gasteiger partial charge in [-0.2, -0.15) is 0 Å². The Hall–Kier alpha value is -0.580. The summed E-state index contributed by atoms with van der Waals surface area (Å²) in [7, 11) is 0. The lowest BCUT2D eigenvalue weighted by Crippen LogP contribution is -1.76. The molecule has 34 valence electrons. The van der Waals surface area contributed by atoms with Gasteiger partial charge in [-0.25, -0.2) is 6.57 Å². The molecule has 0 aromatic heterocycles. The molecule has 0 aromatic rings. The summed E-state index contributed by atoms with van der Waals surface area (Å²) < 4.78 is 11.0. The van der Waals surface area contributed by atoms with Crippen LogP contribution in [0.5, 0.6) is 0 Å². The van der Waals surface area contributed by atoms with Crippen molar-refractivity contribution in [2.24, 2.45) is 0 Å². The molecule has 0 saturated carbocycles. The standard InChI is InChI=1S/C4H6FN/c1-6-4-2-3-5/h2-4H2. The molecule has 1 nitrogen and oxygen atoms in total. The maximum atomic E-state index is 11.0. The molecule has 0 saturated heterocycles. The number of hydrogen-bond acceptors (Lipinski definition) is 0. The van der Waals surface area contributed by atoms with E-state index in [-0.39, 0.29) is 6.67 Å². The molecule has 0 heterocycles. The van der Waals surface area contributed by atoms with E-state index in [0.717, 1.165) is 0 Å². The van der Waals surface area contributed by atoms with E-state index < -0.39 is 0 Å². The van der Waals surface area contributed by atoms with E-state index in [4.69, 9.17) is 6.57 Å². The summed E-state index contributed by atoms with van der Waals surface area (Å²) in [6, 6.07) is 0. The lowest BCUT2D eigenvalue weighted by molar-refractivity contribution is 0.484. The van der Waals surface area contributed by atoms with Crippen LogP contribution in [-0.4, -0.2) is 13.2 Å². The normalized spacial score (nSPS) is 7.33. The average molecular weight is 87.1 g/mol.